The van der Waals surface area contributed by atoms with Crippen molar-refractivity contribution in [2.45, 2.75) is 26.2 Å². The lowest BCUT2D eigenvalue weighted by Gasteiger charge is -2.21. The highest BCUT2D eigenvalue weighted by molar-refractivity contribution is 6.05. The summed E-state index contributed by atoms with van der Waals surface area (Å²) in [5.41, 5.74) is 6.94. The van der Waals surface area contributed by atoms with Gasteiger partial charge < -0.3 is 10.4 Å². The minimum atomic E-state index is -0.400. The lowest BCUT2D eigenvalue weighted by atomic mass is 9.86. The molecular weight excluding hydrogens is 290 g/mol. The molecule has 0 aromatic heterocycles. The third-order valence-corrected chi connectivity index (χ3v) is 3.98. The molecule has 0 aliphatic heterocycles. The summed E-state index contributed by atoms with van der Waals surface area (Å²) < 4.78 is 0. The monoisotopic (exact) mass is 309 g/mol. The molecule has 1 aliphatic carbocycles. The molecule has 0 spiro atoms. The van der Waals surface area contributed by atoms with E-state index in [4.69, 9.17) is 0 Å². The minimum absolute atomic E-state index is 0.217. The number of aryl methyl sites for hydroxylation is 1. The van der Waals surface area contributed by atoms with Crippen molar-refractivity contribution in [3.05, 3.63) is 59.2 Å². The van der Waals surface area contributed by atoms with Gasteiger partial charge in [0.05, 0.1) is 5.71 Å². The predicted molar refractivity (Wildman–Crippen MR) is 90.9 cm³/mol. The van der Waals surface area contributed by atoms with Crippen molar-refractivity contribution < 1.29 is 9.90 Å². The van der Waals surface area contributed by atoms with Gasteiger partial charge in [0.25, 0.3) is 0 Å². The molecule has 3 rings (SSSR count). The second-order valence-electron chi connectivity index (χ2n) is 5.60. The average molecular weight is 309 g/mol. The first-order chi connectivity index (χ1) is 11.1. The summed E-state index contributed by atoms with van der Waals surface area (Å²) in [6.45, 7) is 2.02. The number of rotatable bonds is 2. The van der Waals surface area contributed by atoms with Crippen molar-refractivity contribution in [3.63, 3.8) is 0 Å². The molecule has 2 amide bonds. The molecule has 0 heterocycles. The number of urea groups is 1. The number of phenols is 1. The molecule has 0 saturated heterocycles. The highest BCUT2D eigenvalue weighted by Crippen LogP contribution is 2.31. The number of hydrogen-bond donors (Lipinski definition) is 3. The summed E-state index contributed by atoms with van der Waals surface area (Å²) in [5, 5.41) is 17.1. The van der Waals surface area contributed by atoms with E-state index in [1.54, 1.807) is 18.2 Å². The van der Waals surface area contributed by atoms with Gasteiger partial charge in [0.1, 0.15) is 5.75 Å². The molecule has 0 radical (unpaired) electrons. The lowest BCUT2D eigenvalue weighted by Crippen LogP contribution is -2.26. The zero-order valence-electron chi connectivity index (χ0n) is 13.0. The van der Waals surface area contributed by atoms with Crippen molar-refractivity contribution in [2.24, 2.45) is 5.10 Å². The van der Waals surface area contributed by atoms with Crippen LogP contribution in [0.5, 0.6) is 5.75 Å². The maximum atomic E-state index is 11.9. The van der Waals surface area contributed by atoms with E-state index in [2.05, 4.69) is 15.8 Å². The van der Waals surface area contributed by atoms with E-state index in [9.17, 15) is 9.90 Å². The quantitative estimate of drug-likeness (QED) is 0.742. The highest BCUT2D eigenvalue weighted by Gasteiger charge is 2.21. The minimum Gasteiger partial charge on any atom is -0.507 e. The maximum Gasteiger partial charge on any atom is 0.339 e. The number of hydrogen-bond acceptors (Lipinski definition) is 3. The smallest absolute Gasteiger partial charge is 0.339 e. The fourth-order valence-corrected chi connectivity index (χ4v) is 2.85. The van der Waals surface area contributed by atoms with Crippen LogP contribution in [0.3, 0.4) is 0 Å². The number of para-hydroxylation sites is 1. The Morgan fingerprint density at radius 3 is 2.70 bits per heavy atom. The van der Waals surface area contributed by atoms with Crippen LogP contribution in [0, 0.1) is 6.92 Å². The van der Waals surface area contributed by atoms with Crippen LogP contribution in [0.4, 0.5) is 10.5 Å². The standard InChI is InChI=1S/C18H19N3O2/c1-12-10-11-16(22)17-14(12)8-5-9-15(17)20-21-18(23)19-13-6-3-2-4-7-13/h2-4,6-7,10-11,22H,5,8-9H2,1H3,(H2,19,21,23)/b20-15+. The first-order valence-electron chi connectivity index (χ1n) is 7.65. The number of nitrogens with zero attached hydrogens (tertiary/aromatic N) is 1. The molecule has 0 bridgehead atoms. The van der Waals surface area contributed by atoms with Crippen LogP contribution in [0.25, 0.3) is 0 Å². The van der Waals surface area contributed by atoms with Gasteiger partial charge in [0.2, 0.25) is 0 Å². The molecule has 0 saturated carbocycles. The molecule has 2 aromatic rings. The Hall–Kier alpha value is -2.82. The average Bonchev–Trinajstić information content (AvgIpc) is 2.57. The molecule has 118 valence electrons. The van der Waals surface area contributed by atoms with Crippen LogP contribution in [-0.4, -0.2) is 16.8 Å². The molecule has 5 nitrogen and oxygen atoms in total. The Bertz CT molecular complexity index is 754. The molecule has 1 aliphatic rings. The van der Waals surface area contributed by atoms with Crippen molar-refractivity contribution in [1.82, 2.24) is 5.43 Å². The number of fused-ring (bicyclic) bond motifs is 1. The van der Waals surface area contributed by atoms with Crippen molar-refractivity contribution in [2.75, 3.05) is 5.32 Å². The summed E-state index contributed by atoms with van der Waals surface area (Å²) in [7, 11) is 0. The zero-order chi connectivity index (χ0) is 16.2. The first-order valence-corrected chi connectivity index (χ1v) is 7.65. The van der Waals surface area contributed by atoms with Crippen LogP contribution < -0.4 is 10.7 Å². The second-order valence-corrected chi connectivity index (χ2v) is 5.60. The van der Waals surface area contributed by atoms with E-state index in [-0.39, 0.29) is 5.75 Å². The Morgan fingerprint density at radius 2 is 1.91 bits per heavy atom. The number of benzene rings is 2. The van der Waals surface area contributed by atoms with Crippen LogP contribution in [0.15, 0.2) is 47.6 Å². The normalized spacial score (nSPS) is 15.1. The Balaban J connectivity index is 1.77. The van der Waals surface area contributed by atoms with E-state index in [1.165, 1.54) is 0 Å². The van der Waals surface area contributed by atoms with E-state index >= 15 is 0 Å². The second kappa shape index (κ2) is 6.52. The van der Waals surface area contributed by atoms with Crippen molar-refractivity contribution >= 4 is 17.4 Å². The number of carbonyl (C=O) groups excluding carboxylic acids is 1. The number of amides is 2. The summed E-state index contributed by atoms with van der Waals surface area (Å²) in [6.07, 6.45) is 2.61. The van der Waals surface area contributed by atoms with E-state index in [0.29, 0.717) is 5.69 Å². The van der Waals surface area contributed by atoms with Gasteiger partial charge in [0, 0.05) is 11.3 Å². The Labute approximate surface area is 135 Å². The third kappa shape index (κ3) is 3.34. The fourth-order valence-electron chi connectivity index (χ4n) is 2.85. The molecule has 2 aromatic carbocycles. The van der Waals surface area contributed by atoms with Crippen molar-refractivity contribution in [3.8, 4) is 5.75 Å². The summed E-state index contributed by atoms with van der Waals surface area (Å²) in [6, 6.07) is 12.4. The number of aromatic hydroxyl groups is 1. The number of phenolic OH excluding ortho intramolecular Hbond substituents is 1. The molecular formula is C18H19N3O2. The number of anilines is 1. The van der Waals surface area contributed by atoms with Crippen LogP contribution in [-0.2, 0) is 6.42 Å². The SMILES string of the molecule is Cc1ccc(O)c2c1CCC/C2=N\NC(=O)Nc1ccccc1. The number of carbonyl (C=O) groups is 1. The van der Waals surface area contributed by atoms with Gasteiger partial charge >= 0.3 is 6.03 Å². The van der Waals surface area contributed by atoms with Gasteiger partial charge in [-0.3, -0.25) is 0 Å². The molecule has 23 heavy (non-hydrogen) atoms. The van der Waals surface area contributed by atoms with Gasteiger partial charge in [-0.1, -0.05) is 24.3 Å². The predicted octanol–water partition coefficient (Wildman–Crippen LogP) is 3.56. The Kier molecular flexibility index (Phi) is 4.28. The van der Waals surface area contributed by atoms with Gasteiger partial charge in [-0.2, -0.15) is 5.10 Å². The molecule has 0 atom stereocenters. The van der Waals surface area contributed by atoms with Crippen LogP contribution in [0.2, 0.25) is 0 Å². The highest BCUT2D eigenvalue weighted by atomic mass is 16.3. The van der Waals surface area contributed by atoms with Crippen molar-refractivity contribution in [1.29, 1.82) is 0 Å². The van der Waals surface area contributed by atoms with E-state index in [1.807, 2.05) is 31.2 Å². The summed E-state index contributed by atoms with van der Waals surface area (Å²) >= 11 is 0. The third-order valence-electron chi connectivity index (χ3n) is 3.98. The largest absolute Gasteiger partial charge is 0.507 e. The zero-order valence-corrected chi connectivity index (χ0v) is 13.0. The molecule has 3 N–H and O–H groups in total. The van der Waals surface area contributed by atoms with E-state index < -0.39 is 6.03 Å². The first kappa shape index (κ1) is 15.1. The van der Waals surface area contributed by atoms with Gasteiger partial charge in [-0.15, -0.1) is 0 Å². The molecule has 0 unspecified atom stereocenters. The number of hydrazone groups is 1. The van der Waals surface area contributed by atoms with Gasteiger partial charge in [-0.05, 0) is 55.5 Å². The summed E-state index contributed by atoms with van der Waals surface area (Å²) in [5.74, 6) is 0.217. The van der Waals surface area contributed by atoms with Crippen LogP contribution in [0.1, 0.15) is 29.5 Å². The topological polar surface area (TPSA) is 73.7 Å². The van der Waals surface area contributed by atoms with Gasteiger partial charge in [-0.25, -0.2) is 10.2 Å². The molecule has 0 fully saturated rings. The summed E-state index contributed by atoms with van der Waals surface area (Å²) in [4.78, 5) is 11.9. The number of nitrogens with one attached hydrogen (secondary N) is 2. The fraction of sp³-hybridized carbons (Fsp3) is 0.222. The lowest BCUT2D eigenvalue weighted by molar-refractivity contribution is 0.252. The van der Waals surface area contributed by atoms with Gasteiger partial charge in [0.15, 0.2) is 0 Å². The molecule has 5 heteroatoms. The Morgan fingerprint density at radius 1 is 1.13 bits per heavy atom. The van der Waals surface area contributed by atoms with Crippen LogP contribution >= 0.6 is 0 Å². The maximum absolute atomic E-state index is 11.9. The van der Waals surface area contributed by atoms with E-state index in [0.717, 1.165) is 41.7 Å².